The first-order valence-corrected chi connectivity index (χ1v) is 8.59. The molecule has 0 aliphatic carbocycles. The number of rotatable bonds is 6. The van der Waals surface area contributed by atoms with Crippen molar-refractivity contribution in [1.29, 1.82) is 0 Å². The van der Waals surface area contributed by atoms with E-state index in [4.69, 9.17) is 0 Å². The van der Waals surface area contributed by atoms with Crippen molar-refractivity contribution in [3.05, 3.63) is 60.2 Å². The summed E-state index contributed by atoms with van der Waals surface area (Å²) in [5.74, 6) is 0. The Hall–Kier alpha value is -1.51. The van der Waals surface area contributed by atoms with Crippen molar-refractivity contribution in [2.24, 2.45) is 0 Å². The summed E-state index contributed by atoms with van der Waals surface area (Å²) in [6.07, 6.45) is 3.02. The van der Waals surface area contributed by atoms with Crippen LogP contribution in [0.3, 0.4) is 0 Å². The summed E-state index contributed by atoms with van der Waals surface area (Å²) in [6, 6.07) is 15.9. The molecule has 0 atom stereocenters. The summed E-state index contributed by atoms with van der Waals surface area (Å²) in [7, 11) is 2.13. The highest BCUT2D eigenvalue weighted by Crippen LogP contribution is 2.31. The first-order chi connectivity index (χ1) is 10.5. The van der Waals surface area contributed by atoms with Crippen molar-refractivity contribution in [3.8, 4) is 11.1 Å². The van der Waals surface area contributed by atoms with Gasteiger partial charge >= 0.3 is 0 Å². The molecule has 0 aliphatic heterocycles. The minimum atomic E-state index is 0.512. The third-order valence-electron chi connectivity index (χ3n) is 3.89. The molecule has 0 amide bonds. The second-order valence-corrected chi connectivity index (χ2v) is 6.96. The zero-order chi connectivity index (χ0) is 16.1. The van der Waals surface area contributed by atoms with Gasteiger partial charge in [0.15, 0.2) is 0 Å². The van der Waals surface area contributed by atoms with E-state index in [9.17, 15) is 0 Å². The summed E-state index contributed by atoms with van der Waals surface area (Å²) >= 11 is 1.78. The van der Waals surface area contributed by atoms with E-state index < -0.39 is 0 Å². The molecule has 0 spiro atoms. The lowest BCUT2D eigenvalue weighted by Gasteiger charge is -2.20. The molecule has 0 radical (unpaired) electrons. The first-order valence-electron chi connectivity index (χ1n) is 7.81. The van der Waals surface area contributed by atoms with Crippen LogP contribution in [0.4, 0.5) is 0 Å². The second-order valence-electron chi connectivity index (χ2n) is 5.73. The molecule has 2 rings (SSSR count). The first kappa shape index (κ1) is 16.9. The Bertz CT molecular complexity index is 629. The van der Waals surface area contributed by atoms with E-state index in [0.717, 1.165) is 6.42 Å². The number of aryl methyl sites for hydroxylation is 1. The average Bonchev–Trinajstić information content (AvgIpc) is 2.54. The minimum Gasteiger partial charge on any atom is -0.247 e. The summed E-state index contributed by atoms with van der Waals surface area (Å²) in [6.45, 7) is 10.6. The van der Waals surface area contributed by atoms with Crippen LogP contribution in [0.5, 0.6) is 0 Å². The third-order valence-corrected chi connectivity index (χ3v) is 5.07. The van der Waals surface area contributed by atoms with Gasteiger partial charge in [-0.2, -0.15) is 0 Å². The molecule has 116 valence electrons. The molecule has 0 fully saturated rings. The van der Waals surface area contributed by atoms with Crippen LogP contribution in [-0.2, 0) is 6.42 Å². The number of nitrogens with zero attached hydrogens (tertiary/aromatic N) is 1. The molecule has 0 unspecified atom stereocenters. The predicted molar refractivity (Wildman–Crippen MR) is 100 cm³/mol. The molecule has 22 heavy (non-hydrogen) atoms. The summed E-state index contributed by atoms with van der Waals surface area (Å²) in [4.78, 5) is 1.25. The summed E-state index contributed by atoms with van der Waals surface area (Å²) < 4.78 is 2.26. The van der Waals surface area contributed by atoms with Crippen LogP contribution in [0.25, 0.3) is 17.2 Å². The van der Waals surface area contributed by atoms with Crippen LogP contribution < -0.4 is 0 Å². The molecule has 0 saturated carbocycles. The van der Waals surface area contributed by atoms with Gasteiger partial charge in [-0.1, -0.05) is 49.9 Å². The van der Waals surface area contributed by atoms with Gasteiger partial charge in [0.2, 0.25) is 0 Å². The molecular formula is C20H25NS. The van der Waals surface area contributed by atoms with Gasteiger partial charge in [-0.05, 0) is 73.7 Å². The summed E-state index contributed by atoms with van der Waals surface area (Å²) in [5, 5.41) is 0. The van der Waals surface area contributed by atoms with Crippen molar-refractivity contribution in [2.45, 2.75) is 38.1 Å². The van der Waals surface area contributed by atoms with Crippen molar-refractivity contribution >= 4 is 18.0 Å². The molecule has 1 nitrogen and oxygen atoms in total. The summed E-state index contributed by atoms with van der Waals surface area (Å²) in [5.41, 5.74) is 5.05. The normalized spacial score (nSPS) is 11.2. The van der Waals surface area contributed by atoms with Gasteiger partial charge < -0.3 is 0 Å². The van der Waals surface area contributed by atoms with E-state index >= 15 is 0 Å². The molecule has 2 heteroatoms. The van der Waals surface area contributed by atoms with Gasteiger partial charge in [0.25, 0.3) is 0 Å². The molecule has 0 heterocycles. The van der Waals surface area contributed by atoms with Gasteiger partial charge in [0.1, 0.15) is 0 Å². The lowest BCUT2D eigenvalue weighted by molar-refractivity contribution is 0.469. The van der Waals surface area contributed by atoms with E-state index in [1.165, 1.54) is 27.1 Å². The quantitative estimate of drug-likeness (QED) is 0.610. The maximum atomic E-state index is 3.98. The highest BCUT2D eigenvalue weighted by atomic mass is 32.2. The minimum absolute atomic E-state index is 0.512. The molecule has 2 aromatic rings. The molecule has 0 bridgehead atoms. The van der Waals surface area contributed by atoms with Crippen LogP contribution in [0.15, 0.2) is 53.9 Å². The zero-order valence-corrected chi connectivity index (χ0v) is 14.8. The highest BCUT2D eigenvalue weighted by Gasteiger charge is 2.08. The zero-order valence-electron chi connectivity index (χ0n) is 14.0. The van der Waals surface area contributed by atoms with Crippen molar-refractivity contribution < 1.29 is 0 Å². The van der Waals surface area contributed by atoms with E-state index in [1.54, 1.807) is 11.9 Å². The fourth-order valence-electron chi connectivity index (χ4n) is 2.22. The largest absolute Gasteiger partial charge is 0.247 e. The molecular weight excluding hydrogens is 286 g/mol. The fourth-order valence-corrected chi connectivity index (χ4v) is 3.07. The Morgan fingerprint density at radius 2 is 1.82 bits per heavy atom. The van der Waals surface area contributed by atoms with Crippen molar-refractivity contribution in [1.82, 2.24) is 4.31 Å². The highest BCUT2D eigenvalue weighted by molar-refractivity contribution is 7.97. The maximum absolute atomic E-state index is 3.98. The van der Waals surface area contributed by atoms with Gasteiger partial charge in [0, 0.05) is 10.9 Å². The lowest BCUT2D eigenvalue weighted by atomic mass is 9.98. The topological polar surface area (TPSA) is 3.24 Å². The standard InChI is InChI=1S/C20H25NS/c1-6-16-8-10-18(11-9-16)20-13-12-19(14-17(20)7-2)22-21(5)15(3)4/h7-15H,2,6H2,1,3-5H3. The SMILES string of the molecule is C=Cc1cc(SN(C)C(C)C)ccc1-c1ccc(CC)cc1. The Labute approximate surface area is 139 Å². The number of hydrogen-bond donors (Lipinski definition) is 0. The predicted octanol–water partition coefficient (Wildman–Crippen LogP) is 5.91. The van der Waals surface area contributed by atoms with Crippen LogP contribution in [0.2, 0.25) is 0 Å². The van der Waals surface area contributed by atoms with Crippen LogP contribution in [0, 0.1) is 0 Å². The number of hydrogen-bond acceptors (Lipinski definition) is 2. The monoisotopic (exact) mass is 311 g/mol. The van der Waals surface area contributed by atoms with Gasteiger partial charge in [-0.25, -0.2) is 4.31 Å². The Morgan fingerprint density at radius 1 is 1.14 bits per heavy atom. The van der Waals surface area contributed by atoms with E-state index in [0.29, 0.717) is 6.04 Å². The second kappa shape index (κ2) is 7.66. The average molecular weight is 311 g/mol. The van der Waals surface area contributed by atoms with E-state index in [-0.39, 0.29) is 0 Å². The maximum Gasteiger partial charge on any atom is 0.0236 e. The Kier molecular flexibility index (Phi) is 5.87. The molecule has 0 aromatic heterocycles. The Morgan fingerprint density at radius 3 is 2.36 bits per heavy atom. The molecule has 0 saturated heterocycles. The fraction of sp³-hybridized carbons (Fsp3) is 0.300. The van der Waals surface area contributed by atoms with E-state index in [1.807, 2.05) is 6.08 Å². The molecule has 0 N–H and O–H groups in total. The molecule has 0 aliphatic rings. The van der Waals surface area contributed by atoms with Crippen LogP contribution >= 0.6 is 11.9 Å². The molecule has 2 aromatic carbocycles. The van der Waals surface area contributed by atoms with Gasteiger partial charge in [0.05, 0.1) is 0 Å². The van der Waals surface area contributed by atoms with Crippen LogP contribution in [-0.4, -0.2) is 17.4 Å². The lowest BCUT2D eigenvalue weighted by Crippen LogP contribution is -2.18. The Balaban J connectivity index is 2.30. The smallest absolute Gasteiger partial charge is 0.0236 e. The third kappa shape index (κ3) is 4.02. The van der Waals surface area contributed by atoms with E-state index in [2.05, 4.69) is 81.2 Å². The van der Waals surface area contributed by atoms with Crippen LogP contribution in [0.1, 0.15) is 31.9 Å². The van der Waals surface area contributed by atoms with Crippen molar-refractivity contribution in [2.75, 3.05) is 7.05 Å². The van der Waals surface area contributed by atoms with Gasteiger partial charge in [-0.3, -0.25) is 0 Å². The van der Waals surface area contributed by atoms with Crippen molar-refractivity contribution in [3.63, 3.8) is 0 Å². The van der Waals surface area contributed by atoms with Gasteiger partial charge in [-0.15, -0.1) is 0 Å². The number of benzene rings is 2.